The van der Waals surface area contributed by atoms with Crippen LogP contribution in [0.25, 0.3) is 10.8 Å². The summed E-state index contributed by atoms with van der Waals surface area (Å²) in [5.41, 5.74) is 0.964. The first-order valence-corrected chi connectivity index (χ1v) is 6.56. The summed E-state index contributed by atoms with van der Waals surface area (Å²) < 4.78 is 1.06. The predicted molar refractivity (Wildman–Crippen MR) is 70.4 cm³/mol. The third kappa shape index (κ3) is 2.10. The molecule has 15 heavy (non-hydrogen) atoms. The molecule has 0 aliphatic carbocycles. The number of rotatable bonds is 2. The Morgan fingerprint density at radius 1 is 1.07 bits per heavy atom. The molecule has 2 rings (SSSR count). The summed E-state index contributed by atoms with van der Waals surface area (Å²) >= 11 is 6.80. The highest BCUT2D eigenvalue weighted by Gasteiger charge is 2.10. The summed E-state index contributed by atoms with van der Waals surface area (Å²) in [6.07, 6.45) is -0.456. The minimum Gasteiger partial charge on any atom is -0.388 e. The summed E-state index contributed by atoms with van der Waals surface area (Å²) in [7, 11) is 0. The zero-order chi connectivity index (χ0) is 10.8. The standard InChI is InChI=1S/C12H10Br2O/c13-7-12(15)10-5-6-11(14)9-4-2-1-3-8(9)10/h1-6,12,15H,7H2. The monoisotopic (exact) mass is 328 g/mol. The molecule has 2 aromatic carbocycles. The Bertz CT molecular complexity index is 482. The zero-order valence-electron chi connectivity index (χ0n) is 7.95. The van der Waals surface area contributed by atoms with Crippen LogP contribution in [-0.4, -0.2) is 10.4 Å². The fourth-order valence-corrected chi connectivity index (χ4v) is 2.49. The number of aliphatic hydroxyl groups excluding tert-OH is 1. The first-order chi connectivity index (χ1) is 7.24. The first-order valence-electron chi connectivity index (χ1n) is 4.65. The number of hydrogen-bond donors (Lipinski definition) is 1. The fraction of sp³-hybridized carbons (Fsp3) is 0.167. The van der Waals surface area contributed by atoms with E-state index < -0.39 is 6.10 Å². The lowest BCUT2D eigenvalue weighted by Gasteiger charge is -2.11. The minimum atomic E-state index is -0.456. The second-order valence-corrected chi connectivity index (χ2v) is 4.85. The highest BCUT2D eigenvalue weighted by molar-refractivity contribution is 9.10. The van der Waals surface area contributed by atoms with Gasteiger partial charge in [-0.3, -0.25) is 0 Å². The van der Waals surface area contributed by atoms with Gasteiger partial charge in [-0.15, -0.1) is 0 Å². The molecule has 0 heterocycles. The quantitative estimate of drug-likeness (QED) is 0.825. The highest BCUT2D eigenvalue weighted by Crippen LogP contribution is 2.30. The predicted octanol–water partition coefficient (Wildman–Crippen LogP) is 4.03. The van der Waals surface area contributed by atoms with Crippen LogP contribution in [0.2, 0.25) is 0 Å². The van der Waals surface area contributed by atoms with Crippen LogP contribution in [0.3, 0.4) is 0 Å². The third-order valence-electron chi connectivity index (χ3n) is 2.41. The van der Waals surface area contributed by atoms with Gasteiger partial charge in [-0.1, -0.05) is 62.2 Å². The van der Waals surface area contributed by atoms with Crippen LogP contribution in [0.4, 0.5) is 0 Å². The van der Waals surface area contributed by atoms with Crippen LogP contribution in [0.5, 0.6) is 0 Å². The minimum absolute atomic E-state index is 0.456. The molecular weight excluding hydrogens is 320 g/mol. The SMILES string of the molecule is OC(CBr)c1ccc(Br)c2ccccc12. The number of fused-ring (bicyclic) bond motifs is 1. The van der Waals surface area contributed by atoms with Crippen molar-refractivity contribution in [1.82, 2.24) is 0 Å². The van der Waals surface area contributed by atoms with E-state index in [9.17, 15) is 5.11 Å². The lowest BCUT2D eigenvalue weighted by Crippen LogP contribution is -1.99. The van der Waals surface area contributed by atoms with Crippen molar-refractivity contribution in [2.24, 2.45) is 0 Å². The number of halogens is 2. The normalized spacial score (nSPS) is 13.0. The number of aliphatic hydroxyl groups is 1. The molecule has 0 aromatic heterocycles. The van der Waals surface area contributed by atoms with E-state index in [0.717, 1.165) is 20.8 Å². The maximum absolute atomic E-state index is 9.86. The van der Waals surface area contributed by atoms with Crippen molar-refractivity contribution in [3.8, 4) is 0 Å². The summed E-state index contributed by atoms with van der Waals surface area (Å²) in [4.78, 5) is 0. The van der Waals surface area contributed by atoms with Gasteiger partial charge in [-0.05, 0) is 22.4 Å². The average molecular weight is 330 g/mol. The Kier molecular flexibility index (Phi) is 3.44. The van der Waals surface area contributed by atoms with Crippen LogP contribution >= 0.6 is 31.9 Å². The molecule has 0 fully saturated rings. The van der Waals surface area contributed by atoms with Gasteiger partial charge in [-0.2, -0.15) is 0 Å². The van der Waals surface area contributed by atoms with E-state index in [-0.39, 0.29) is 0 Å². The first kappa shape index (κ1) is 11.1. The Morgan fingerprint density at radius 3 is 2.40 bits per heavy atom. The van der Waals surface area contributed by atoms with Crippen LogP contribution < -0.4 is 0 Å². The summed E-state index contributed by atoms with van der Waals surface area (Å²) in [6.45, 7) is 0. The van der Waals surface area contributed by atoms with E-state index in [1.165, 1.54) is 0 Å². The van der Waals surface area contributed by atoms with E-state index in [4.69, 9.17) is 0 Å². The average Bonchev–Trinajstić information content (AvgIpc) is 2.29. The van der Waals surface area contributed by atoms with Crippen LogP contribution in [0.15, 0.2) is 40.9 Å². The molecule has 1 nitrogen and oxygen atoms in total. The third-order valence-corrected chi connectivity index (χ3v) is 3.71. The molecular formula is C12H10Br2O. The zero-order valence-corrected chi connectivity index (χ0v) is 11.1. The van der Waals surface area contributed by atoms with Gasteiger partial charge in [0.05, 0.1) is 6.10 Å². The molecule has 1 N–H and O–H groups in total. The second-order valence-electron chi connectivity index (χ2n) is 3.35. The number of alkyl halides is 1. The van der Waals surface area contributed by atoms with E-state index in [1.807, 2.05) is 36.4 Å². The van der Waals surface area contributed by atoms with Gasteiger partial charge in [0.25, 0.3) is 0 Å². The Morgan fingerprint density at radius 2 is 1.73 bits per heavy atom. The van der Waals surface area contributed by atoms with Crippen molar-refractivity contribution < 1.29 is 5.11 Å². The van der Waals surface area contributed by atoms with Gasteiger partial charge >= 0.3 is 0 Å². The molecule has 0 aliphatic heterocycles. The topological polar surface area (TPSA) is 20.2 Å². The molecule has 0 saturated heterocycles. The van der Waals surface area contributed by atoms with Gasteiger partial charge in [0.1, 0.15) is 0 Å². The summed E-state index contributed by atoms with van der Waals surface area (Å²) in [6, 6.07) is 12.0. The van der Waals surface area contributed by atoms with Crippen molar-refractivity contribution in [2.45, 2.75) is 6.10 Å². The van der Waals surface area contributed by atoms with Crippen LogP contribution in [0, 0.1) is 0 Å². The Balaban J connectivity index is 2.71. The molecule has 0 bridgehead atoms. The molecule has 0 amide bonds. The fourth-order valence-electron chi connectivity index (χ4n) is 1.66. The smallest absolute Gasteiger partial charge is 0.0892 e. The van der Waals surface area contributed by atoms with Crippen molar-refractivity contribution in [3.05, 3.63) is 46.4 Å². The summed E-state index contributed by atoms with van der Waals surface area (Å²) in [5, 5.41) is 12.6. The van der Waals surface area contributed by atoms with E-state index in [2.05, 4.69) is 31.9 Å². The van der Waals surface area contributed by atoms with Crippen molar-refractivity contribution >= 4 is 42.6 Å². The lowest BCUT2D eigenvalue weighted by molar-refractivity contribution is 0.207. The lowest BCUT2D eigenvalue weighted by atomic mass is 10.0. The molecule has 0 aliphatic rings. The van der Waals surface area contributed by atoms with Gasteiger partial charge in [-0.25, -0.2) is 0 Å². The molecule has 0 spiro atoms. The van der Waals surface area contributed by atoms with Crippen molar-refractivity contribution in [3.63, 3.8) is 0 Å². The maximum atomic E-state index is 9.86. The van der Waals surface area contributed by atoms with E-state index in [1.54, 1.807) is 0 Å². The molecule has 1 atom stereocenters. The highest BCUT2D eigenvalue weighted by atomic mass is 79.9. The molecule has 2 aromatic rings. The molecule has 1 unspecified atom stereocenters. The van der Waals surface area contributed by atoms with Crippen molar-refractivity contribution in [1.29, 1.82) is 0 Å². The van der Waals surface area contributed by atoms with Gasteiger partial charge in [0, 0.05) is 9.80 Å². The van der Waals surface area contributed by atoms with Crippen molar-refractivity contribution in [2.75, 3.05) is 5.33 Å². The number of benzene rings is 2. The Labute approximate surface area is 105 Å². The maximum Gasteiger partial charge on any atom is 0.0892 e. The van der Waals surface area contributed by atoms with Gasteiger partial charge in [0.15, 0.2) is 0 Å². The summed E-state index contributed by atoms with van der Waals surface area (Å²) in [5.74, 6) is 0. The van der Waals surface area contributed by atoms with E-state index >= 15 is 0 Å². The van der Waals surface area contributed by atoms with E-state index in [0.29, 0.717) is 5.33 Å². The largest absolute Gasteiger partial charge is 0.388 e. The molecule has 3 heteroatoms. The number of hydrogen-bond acceptors (Lipinski definition) is 1. The Hall–Kier alpha value is -0.380. The molecule has 0 saturated carbocycles. The van der Waals surface area contributed by atoms with Crippen LogP contribution in [-0.2, 0) is 0 Å². The van der Waals surface area contributed by atoms with Gasteiger partial charge in [0.2, 0.25) is 0 Å². The molecule has 0 radical (unpaired) electrons. The van der Waals surface area contributed by atoms with Crippen LogP contribution in [0.1, 0.15) is 11.7 Å². The molecule has 78 valence electrons. The second kappa shape index (κ2) is 4.64. The van der Waals surface area contributed by atoms with Gasteiger partial charge < -0.3 is 5.11 Å².